The number of sulfonamides is 1. The van der Waals surface area contributed by atoms with Gasteiger partial charge in [0.15, 0.2) is 5.03 Å². The minimum Gasteiger partial charge on any atom is -0.398 e. The van der Waals surface area contributed by atoms with Gasteiger partial charge in [-0.2, -0.15) is 4.31 Å². The van der Waals surface area contributed by atoms with Gasteiger partial charge in [0.05, 0.1) is 0 Å². The van der Waals surface area contributed by atoms with Crippen LogP contribution >= 0.6 is 0 Å². The number of hydrogen-bond donors (Lipinski definition) is 1. The molecule has 1 aromatic heterocycles. The summed E-state index contributed by atoms with van der Waals surface area (Å²) in [5.41, 5.74) is 8.64. The van der Waals surface area contributed by atoms with E-state index in [1.54, 1.807) is 30.8 Å². The van der Waals surface area contributed by atoms with Crippen molar-refractivity contribution in [3.63, 3.8) is 0 Å². The Bertz CT molecular complexity index is 776. The fraction of sp³-hybridized carbons (Fsp3) is 0.357. The van der Waals surface area contributed by atoms with Gasteiger partial charge in [0, 0.05) is 32.0 Å². The molecule has 2 N–H and O–H groups in total. The molecule has 6 nitrogen and oxygen atoms in total. The molecule has 0 fully saturated rings. The zero-order chi connectivity index (χ0) is 15.2. The molecule has 0 spiro atoms. The van der Waals surface area contributed by atoms with Crippen molar-refractivity contribution in [2.45, 2.75) is 24.9 Å². The molecule has 1 aliphatic heterocycles. The Kier molecular flexibility index (Phi) is 3.26. The summed E-state index contributed by atoms with van der Waals surface area (Å²) in [6.07, 6.45) is 2.22. The highest BCUT2D eigenvalue weighted by Gasteiger charge is 2.31. The summed E-state index contributed by atoms with van der Waals surface area (Å²) in [7, 11) is -1.79. The van der Waals surface area contributed by atoms with Gasteiger partial charge in [0.2, 0.25) is 0 Å². The van der Waals surface area contributed by atoms with E-state index in [1.165, 1.54) is 4.31 Å². The highest BCUT2D eigenvalue weighted by molar-refractivity contribution is 7.89. The highest BCUT2D eigenvalue weighted by atomic mass is 32.2. The predicted octanol–water partition coefficient (Wildman–Crippen LogP) is 1.06. The summed E-state index contributed by atoms with van der Waals surface area (Å²) in [6.45, 7) is 2.54. The molecular formula is C14H18N4O2S. The molecule has 2 aromatic rings. The van der Waals surface area contributed by atoms with Crippen LogP contribution in [-0.4, -0.2) is 28.8 Å². The SMILES string of the molecule is Cc1nc(S(=O)(=O)N2CCc3cccc(N)c3C2)cn1C. The van der Waals surface area contributed by atoms with Gasteiger partial charge in [-0.25, -0.2) is 13.4 Å². The smallest absolute Gasteiger partial charge is 0.262 e. The van der Waals surface area contributed by atoms with Crippen LogP contribution in [0.5, 0.6) is 0 Å². The van der Waals surface area contributed by atoms with Gasteiger partial charge in [-0.1, -0.05) is 12.1 Å². The molecule has 1 aromatic carbocycles. The van der Waals surface area contributed by atoms with Crippen molar-refractivity contribution in [3.05, 3.63) is 41.3 Å². The molecule has 0 radical (unpaired) electrons. The van der Waals surface area contributed by atoms with Crippen LogP contribution in [0.3, 0.4) is 0 Å². The number of imidazole rings is 1. The van der Waals surface area contributed by atoms with Gasteiger partial charge < -0.3 is 10.3 Å². The quantitative estimate of drug-likeness (QED) is 0.841. The van der Waals surface area contributed by atoms with Crippen LogP contribution in [0.4, 0.5) is 5.69 Å². The lowest BCUT2D eigenvalue weighted by atomic mass is 10.00. The molecule has 0 saturated heterocycles. The number of hydrogen-bond acceptors (Lipinski definition) is 4. The summed E-state index contributed by atoms with van der Waals surface area (Å²) in [6, 6.07) is 5.71. The number of aromatic nitrogens is 2. The Hall–Kier alpha value is -1.86. The van der Waals surface area contributed by atoms with Gasteiger partial charge in [-0.3, -0.25) is 0 Å². The maximum absolute atomic E-state index is 12.7. The first-order valence-corrected chi connectivity index (χ1v) is 8.20. The second-order valence-corrected chi connectivity index (χ2v) is 7.20. The predicted molar refractivity (Wildman–Crippen MR) is 80.1 cm³/mol. The Morgan fingerprint density at radius 1 is 1.33 bits per heavy atom. The van der Waals surface area contributed by atoms with E-state index in [4.69, 9.17) is 5.73 Å². The van der Waals surface area contributed by atoms with Crippen molar-refractivity contribution in [1.29, 1.82) is 0 Å². The van der Waals surface area contributed by atoms with Crippen LogP contribution in [0.15, 0.2) is 29.4 Å². The molecule has 0 bridgehead atoms. The first kappa shape index (κ1) is 14.1. The second kappa shape index (κ2) is 4.85. The van der Waals surface area contributed by atoms with Gasteiger partial charge in [-0.05, 0) is 30.5 Å². The number of nitrogens with zero attached hydrogens (tertiary/aromatic N) is 3. The van der Waals surface area contributed by atoms with Crippen LogP contribution in [-0.2, 0) is 30.0 Å². The lowest BCUT2D eigenvalue weighted by molar-refractivity contribution is 0.390. The number of nitrogen functional groups attached to an aromatic ring is 1. The largest absolute Gasteiger partial charge is 0.398 e. The fourth-order valence-corrected chi connectivity index (χ4v) is 4.00. The molecule has 7 heteroatoms. The fourth-order valence-electron chi connectivity index (χ4n) is 2.57. The Morgan fingerprint density at radius 3 is 2.76 bits per heavy atom. The number of anilines is 1. The maximum atomic E-state index is 12.7. The summed E-state index contributed by atoms with van der Waals surface area (Å²) in [5, 5.41) is 0.0976. The van der Waals surface area contributed by atoms with Crippen LogP contribution < -0.4 is 5.73 Å². The number of rotatable bonds is 2. The lowest BCUT2D eigenvalue weighted by Crippen LogP contribution is -2.36. The van der Waals surface area contributed by atoms with Gasteiger partial charge in [-0.15, -0.1) is 0 Å². The second-order valence-electron chi connectivity index (χ2n) is 5.31. The topological polar surface area (TPSA) is 81.2 Å². The average Bonchev–Trinajstić information content (AvgIpc) is 2.79. The molecule has 0 unspecified atom stereocenters. The van der Waals surface area contributed by atoms with E-state index in [-0.39, 0.29) is 5.03 Å². The zero-order valence-corrected chi connectivity index (χ0v) is 12.9. The molecular weight excluding hydrogens is 288 g/mol. The van der Waals surface area contributed by atoms with Crippen LogP contribution in [0.25, 0.3) is 0 Å². The van der Waals surface area contributed by atoms with Gasteiger partial charge >= 0.3 is 0 Å². The van der Waals surface area contributed by atoms with E-state index < -0.39 is 10.0 Å². The Labute approximate surface area is 124 Å². The molecule has 3 rings (SSSR count). The molecule has 0 amide bonds. The molecule has 0 atom stereocenters. The third-order valence-electron chi connectivity index (χ3n) is 3.97. The lowest BCUT2D eigenvalue weighted by Gasteiger charge is -2.28. The number of benzene rings is 1. The summed E-state index contributed by atoms with van der Waals surface area (Å²) < 4.78 is 28.5. The van der Waals surface area contributed by atoms with Gasteiger partial charge in [0.1, 0.15) is 5.82 Å². The molecule has 2 heterocycles. The molecule has 21 heavy (non-hydrogen) atoms. The van der Waals surface area contributed by atoms with Crippen molar-refractivity contribution < 1.29 is 8.42 Å². The number of fused-ring (bicyclic) bond motifs is 1. The molecule has 1 aliphatic rings. The van der Waals surface area contributed by atoms with E-state index in [0.717, 1.165) is 11.1 Å². The first-order valence-electron chi connectivity index (χ1n) is 6.76. The minimum absolute atomic E-state index is 0.0976. The third-order valence-corrected chi connectivity index (χ3v) is 5.68. The minimum atomic E-state index is -3.58. The summed E-state index contributed by atoms with van der Waals surface area (Å²) in [5.74, 6) is 0.672. The molecule has 0 aliphatic carbocycles. The van der Waals surface area contributed by atoms with E-state index in [0.29, 0.717) is 31.0 Å². The maximum Gasteiger partial charge on any atom is 0.262 e. The number of nitrogens with two attached hydrogens (primary N) is 1. The summed E-state index contributed by atoms with van der Waals surface area (Å²) in [4.78, 5) is 4.14. The van der Waals surface area contributed by atoms with Crippen LogP contribution in [0.1, 0.15) is 17.0 Å². The van der Waals surface area contributed by atoms with Crippen molar-refractivity contribution in [2.75, 3.05) is 12.3 Å². The van der Waals surface area contributed by atoms with E-state index >= 15 is 0 Å². The monoisotopic (exact) mass is 306 g/mol. The van der Waals surface area contributed by atoms with E-state index in [1.807, 2.05) is 12.1 Å². The Morgan fingerprint density at radius 2 is 2.10 bits per heavy atom. The number of aryl methyl sites for hydroxylation is 2. The molecule has 0 saturated carbocycles. The zero-order valence-electron chi connectivity index (χ0n) is 12.1. The molecule has 112 valence electrons. The van der Waals surface area contributed by atoms with Crippen molar-refractivity contribution in [2.24, 2.45) is 7.05 Å². The van der Waals surface area contributed by atoms with Crippen LogP contribution in [0.2, 0.25) is 0 Å². The third kappa shape index (κ3) is 2.32. The normalized spacial score (nSPS) is 15.9. The van der Waals surface area contributed by atoms with Crippen molar-refractivity contribution in [1.82, 2.24) is 13.9 Å². The van der Waals surface area contributed by atoms with Gasteiger partial charge in [0.25, 0.3) is 10.0 Å². The summed E-state index contributed by atoms with van der Waals surface area (Å²) >= 11 is 0. The first-order chi connectivity index (χ1) is 9.89. The Balaban J connectivity index is 1.97. The van der Waals surface area contributed by atoms with Crippen molar-refractivity contribution >= 4 is 15.7 Å². The van der Waals surface area contributed by atoms with Crippen molar-refractivity contribution in [3.8, 4) is 0 Å². The average molecular weight is 306 g/mol. The van der Waals surface area contributed by atoms with E-state index in [9.17, 15) is 8.42 Å². The highest BCUT2D eigenvalue weighted by Crippen LogP contribution is 2.27. The van der Waals surface area contributed by atoms with E-state index in [2.05, 4.69) is 4.98 Å². The van der Waals surface area contributed by atoms with Crippen LogP contribution in [0, 0.1) is 6.92 Å². The standard InChI is InChI=1S/C14H18N4O2S/c1-10-16-14(9-17(10)2)21(19,20)18-7-6-11-4-3-5-13(15)12(11)8-18/h3-5,9H,6-8,15H2,1-2H3.